The molecule has 0 spiro atoms. The number of halogens is 1. The molecule has 0 aromatic heterocycles. The summed E-state index contributed by atoms with van der Waals surface area (Å²) in [4.78, 5) is 11.3. The second kappa shape index (κ2) is 6.57. The molecule has 0 saturated carbocycles. The van der Waals surface area contributed by atoms with Gasteiger partial charge in [0.05, 0.1) is 17.3 Å². The number of hydrogen-bond donors (Lipinski definition) is 2. The minimum atomic E-state index is -0.928. The Morgan fingerprint density at radius 1 is 1.25 bits per heavy atom. The van der Waals surface area contributed by atoms with Crippen LogP contribution in [0.15, 0.2) is 53.0 Å². The Bertz CT molecular complexity index is 599. The van der Waals surface area contributed by atoms with E-state index in [1.54, 1.807) is 18.2 Å². The fourth-order valence-electron chi connectivity index (χ4n) is 2.12. The zero-order chi connectivity index (χ0) is 14.5. The van der Waals surface area contributed by atoms with E-state index in [1.807, 2.05) is 30.3 Å². The van der Waals surface area contributed by atoms with Gasteiger partial charge < -0.3 is 10.4 Å². The number of nitrogens with one attached hydrogen (secondary N) is 1. The van der Waals surface area contributed by atoms with Gasteiger partial charge in [-0.1, -0.05) is 53.2 Å². The SMILES string of the molecule is CCC(Nc1cc(Br)ccc1C(=O)O)c1ccccc1. The topological polar surface area (TPSA) is 49.3 Å². The van der Waals surface area contributed by atoms with Crippen LogP contribution in [-0.4, -0.2) is 11.1 Å². The van der Waals surface area contributed by atoms with Crippen LogP contribution in [0, 0.1) is 0 Å². The maximum atomic E-state index is 11.3. The molecule has 2 N–H and O–H groups in total. The average molecular weight is 334 g/mol. The van der Waals surface area contributed by atoms with Crippen LogP contribution in [0.2, 0.25) is 0 Å². The number of carbonyl (C=O) groups is 1. The molecular formula is C16H16BrNO2. The Balaban J connectivity index is 2.32. The van der Waals surface area contributed by atoms with E-state index < -0.39 is 5.97 Å². The van der Waals surface area contributed by atoms with Gasteiger partial charge in [-0.2, -0.15) is 0 Å². The number of aromatic carboxylic acids is 1. The highest BCUT2D eigenvalue weighted by molar-refractivity contribution is 9.10. The monoisotopic (exact) mass is 333 g/mol. The van der Waals surface area contributed by atoms with Gasteiger partial charge in [0.2, 0.25) is 0 Å². The third-order valence-corrected chi connectivity index (χ3v) is 3.65. The van der Waals surface area contributed by atoms with Crippen molar-refractivity contribution in [2.75, 3.05) is 5.32 Å². The van der Waals surface area contributed by atoms with E-state index in [9.17, 15) is 9.90 Å². The molecule has 0 aliphatic carbocycles. The Morgan fingerprint density at radius 2 is 1.95 bits per heavy atom. The van der Waals surface area contributed by atoms with Crippen LogP contribution in [-0.2, 0) is 0 Å². The van der Waals surface area contributed by atoms with Gasteiger partial charge in [0, 0.05) is 4.47 Å². The fourth-order valence-corrected chi connectivity index (χ4v) is 2.48. The van der Waals surface area contributed by atoms with Crippen molar-refractivity contribution in [2.45, 2.75) is 19.4 Å². The van der Waals surface area contributed by atoms with Crippen molar-refractivity contribution in [1.29, 1.82) is 0 Å². The predicted molar refractivity (Wildman–Crippen MR) is 84.2 cm³/mol. The maximum Gasteiger partial charge on any atom is 0.337 e. The lowest BCUT2D eigenvalue weighted by atomic mass is 10.0. The summed E-state index contributed by atoms with van der Waals surface area (Å²) in [6, 6.07) is 15.2. The van der Waals surface area contributed by atoms with Crippen LogP contribution in [0.3, 0.4) is 0 Å². The summed E-state index contributed by atoms with van der Waals surface area (Å²) in [5, 5.41) is 12.6. The average Bonchev–Trinajstić information content (AvgIpc) is 2.45. The van der Waals surface area contributed by atoms with Gasteiger partial charge in [0.1, 0.15) is 0 Å². The van der Waals surface area contributed by atoms with E-state index in [4.69, 9.17) is 0 Å². The van der Waals surface area contributed by atoms with Crippen LogP contribution in [0.5, 0.6) is 0 Å². The highest BCUT2D eigenvalue weighted by atomic mass is 79.9. The number of rotatable bonds is 5. The summed E-state index contributed by atoms with van der Waals surface area (Å²) in [6.07, 6.45) is 0.871. The molecular weight excluding hydrogens is 318 g/mol. The first-order valence-corrected chi connectivity index (χ1v) is 7.25. The van der Waals surface area contributed by atoms with Gasteiger partial charge in [-0.3, -0.25) is 0 Å². The van der Waals surface area contributed by atoms with E-state index in [1.165, 1.54) is 0 Å². The smallest absolute Gasteiger partial charge is 0.337 e. The normalized spacial score (nSPS) is 11.9. The first-order chi connectivity index (χ1) is 9.61. The highest BCUT2D eigenvalue weighted by Gasteiger charge is 2.15. The third kappa shape index (κ3) is 3.39. The Hall–Kier alpha value is -1.81. The van der Waals surface area contributed by atoms with Crippen molar-refractivity contribution in [3.05, 3.63) is 64.1 Å². The molecule has 2 aromatic rings. The molecule has 1 unspecified atom stereocenters. The lowest BCUT2D eigenvalue weighted by Gasteiger charge is -2.20. The van der Waals surface area contributed by atoms with Crippen molar-refractivity contribution in [2.24, 2.45) is 0 Å². The molecule has 0 saturated heterocycles. The summed E-state index contributed by atoms with van der Waals surface area (Å²) in [5.41, 5.74) is 2.05. The molecule has 0 aliphatic heterocycles. The first-order valence-electron chi connectivity index (χ1n) is 6.46. The summed E-state index contributed by atoms with van der Waals surface area (Å²) < 4.78 is 0.855. The van der Waals surface area contributed by atoms with Gasteiger partial charge in [-0.05, 0) is 30.2 Å². The van der Waals surface area contributed by atoms with E-state index in [0.29, 0.717) is 5.69 Å². The van der Waals surface area contributed by atoms with Gasteiger partial charge in [-0.25, -0.2) is 4.79 Å². The van der Waals surface area contributed by atoms with Crippen LogP contribution < -0.4 is 5.32 Å². The minimum absolute atomic E-state index is 0.0867. The lowest BCUT2D eigenvalue weighted by molar-refractivity contribution is 0.0698. The Kier molecular flexibility index (Phi) is 4.79. The molecule has 0 aliphatic rings. The van der Waals surface area contributed by atoms with Crippen molar-refractivity contribution in [3.63, 3.8) is 0 Å². The molecule has 3 nitrogen and oxygen atoms in total. The van der Waals surface area contributed by atoms with E-state index in [0.717, 1.165) is 16.5 Å². The van der Waals surface area contributed by atoms with Crippen LogP contribution >= 0.6 is 15.9 Å². The van der Waals surface area contributed by atoms with Crippen molar-refractivity contribution >= 4 is 27.6 Å². The standard InChI is InChI=1S/C16H16BrNO2/c1-2-14(11-6-4-3-5-7-11)18-15-10-12(17)8-9-13(15)16(19)20/h3-10,14,18H,2H2,1H3,(H,19,20). The summed E-state index contributed by atoms with van der Waals surface area (Å²) in [7, 11) is 0. The van der Waals surface area contributed by atoms with Crippen LogP contribution in [0.1, 0.15) is 35.3 Å². The second-order valence-electron chi connectivity index (χ2n) is 4.51. The molecule has 2 rings (SSSR count). The number of benzene rings is 2. The summed E-state index contributed by atoms with van der Waals surface area (Å²) >= 11 is 3.38. The van der Waals surface area contributed by atoms with Gasteiger partial charge >= 0.3 is 5.97 Å². The largest absolute Gasteiger partial charge is 0.478 e. The molecule has 0 fully saturated rings. The second-order valence-corrected chi connectivity index (χ2v) is 5.43. The van der Waals surface area contributed by atoms with E-state index in [2.05, 4.69) is 28.2 Å². The van der Waals surface area contributed by atoms with Gasteiger partial charge in [0.25, 0.3) is 0 Å². The first kappa shape index (κ1) is 14.6. The Labute approximate surface area is 126 Å². The van der Waals surface area contributed by atoms with E-state index in [-0.39, 0.29) is 11.6 Å². The Morgan fingerprint density at radius 3 is 2.55 bits per heavy atom. The molecule has 4 heteroatoms. The lowest BCUT2D eigenvalue weighted by Crippen LogP contribution is -2.12. The number of hydrogen-bond acceptors (Lipinski definition) is 2. The molecule has 0 radical (unpaired) electrons. The fraction of sp³-hybridized carbons (Fsp3) is 0.188. The zero-order valence-corrected chi connectivity index (χ0v) is 12.7. The number of carboxylic acid groups (broad SMARTS) is 1. The molecule has 104 valence electrons. The van der Waals surface area contributed by atoms with Crippen molar-refractivity contribution in [3.8, 4) is 0 Å². The third-order valence-electron chi connectivity index (χ3n) is 3.15. The quantitative estimate of drug-likeness (QED) is 0.832. The molecule has 2 aromatic carbocycles. The van der Waals surface area contributed by atoms with Gasteiger partial charge in [-0.15, -0.1) is 0 Å². The molecule has 0 amide bonds. The van der Waals surface area contributed by atoms with E-state index >= 15 is 0 Å². The molecule has 1 atom stereocenters. The summed E-state index contributed by atoms with van der Waals surface area (Å²) in [6.45, 7) is 2.07. The van der Waals surface area contributed by atoms with Crippen molar-refractivity contribution in [1.82, 2.24) is 0 Å². The number of anilines is 1. The molecule has 20 heavy (non-hydrogen) atoms. The number of carboxylic acids is 1. The minimum Gasteiger partial charge on any atom is -0.478 e. The molecule has 0 bridgehead atoms. The zero-order valence-electron chi connectivity index (χ0n) is 11.1. The van der Waals surface area contributed by atoms with Crippen LogP contribution in [0.25, 0.3) is 0 Å². The summed E-state index contributed by atoms with van der Waals surface area (Å²) in [5.74, 6) is -0.928. The predicted octanol–water partition coefficient (Wildman–Crippen LogP) is 4.71. The maximum absolute atomic E-state index is 11.3. The van der Waals surface area contributed by atoms with Gasteiger partial charge in [0.15, 0.2) is 0 Å². The van der Waals surface area contributed by atoms with Crippen molar-refractivity contribution < 1.29 is 9.90 Å². The van der Waals surface area contributed by atoms with Crippen LogP contribution in [0.4, 0.5) is 5.69 Å². The highest BCUT2D eigenvalue weighted by Crippen LogP contribution is 2.27. The molecule has 0 heterocycles.